The largest absolute Gasteiger partial charge is 0.469 e. The number of halogens is 1. The molecule has 0 atom stereocenters. The number of rotatable bonds is 3. The highest BCUT2D eigenvalue weighted by Crippen LogP contribution is 2.01. The topological polar surface area (TPSA) is 52.6 Å². The van der Waals surface area contributed by atoms with Crippen molar-refractivity contribution < 1.29 is 23.5 Å². The van der Waals surface area contributed by atoms with Gasteiger partial charge in [0.25, 0.3) is 0 Å². The smallest absolute Gasteiger partial charge is 0.366 e. The Morgan fingerprint density at radius 3 is 2.33 bits per heavy atom. The van der Waals surface area contributed by atoms with Crippen molar-refractivity contribution in [2.45, 2.75) is 6.42 Å². The third kappa shape index (κ3) is 3.70. The van der Waals surface area contributed by atoms with Gasteiger partial charge >= 0.3 is 11.9 Å². The predicted molar refractivity (Wildman–Crippen MR) is 37.8 cm³/mol. The van der Waals surface area contributed by atoms with E-state index in [2.05, 4.69) is 9.47 Å². The lowest BCUT2D eigenvalue weighted by molar-refractivity contribution is -0.139. The molecule has 0 amide bonds. The fraction of sp³-hybridized carbons (Fsp3) is 0.429. The lowest BCUT2D eigenvalue weighted by Gasteiger charge is -1.94. The monoisotopic (exact) mass is 176 g/mol. The van der Waals surface area contributed by atoms with E-state index in [-0.39, 0.29) is 6.42 Å². The molecule has 0 bridgehead atoms. The van der Waals surface area contributed by atoms with E-state index >= 15 is 0 Å². The third-order valence-corrected chi connectivity index (χ3v) is 1.06. The summed E-state index contributed by atoms with van der Waals surface area (Å²) in [7, 11) is 2.22. The second-order valence-electron chi connectivity index (χ2n) is 1.82. The van der Waals surface area contributed by atoms with Crippen LogP contribution in [0, 0.1) is 0 Å². The van der Waals surface area contributed by atoms with Crippen LogP contribution >= 0.6 is 0 Å². The van der Waals surface area contributed by atoms with Crippen molar-refractivity contribution in [1.29, 1.82) is 0 Å². The van der Waals surface area contributed by atoms with Gasteiger partial charge < -0.3 is 9.47 Å². The summed E-state index contributed by atoms with van der Waals surface area (Å²) >= 11 is 0. The van der Waals surface area contributed by atoms with Crippen molar-refractivity contribution in [3.8, 4) is 0 Å². The minimum Gasteiger partial charge on any atom is -0.469 e. The SMILES string of the molecule is COC(=O)CC=C(F)C(=O)OC. The van der Waals surface area contributed by atoms with E-state index in [9.17, 15) is 14.0 Å². The average molecular weight is 176 g/mol. The highest BCUT2D eigenvalue weighted by Gasteiger charge is 2.08. The summed E-state index contributed by atoms with van der Waals surface area (Å²) in [4.78, 5) is 20.8. The first-order valence-electron chi connectivity index (χ1n) is 3.12. The van der Waals surface area contributed by atoms with Crippen LogP contribution in [0.1, 0.15) is 6.42 Å². The summed E-state index contributed by atoms with van der Waals surface area (Å²) in [6, 6.07) is 0. The molecule has 0 spiro atoms. The minimum absolute atomic E-state index is 0.280. The molecule has 0 aliphatic heterocycles. The van der Waals surface area contributed by atoms with Gasteiger partial charge in [-0.2, -0.15) is 4.39 Å². The molecule has 4 nitrogen and oxygen atoms in total. The zero-order valence-electron chi connectivity index (χ0n) is 6.80. The van der Waals surface area contributed by atoms with Crippen molar-refractivity contribution in [2.75, 3.05) is 14.2 Å². The Hall–Kier alpha value is -1.39. The number of ether oxygens (including phenoxy) is 2. The summed E-state index contributed by atoms with van der Waals surface area (Å²) in [6.07, 6.45) is 0.523. The highest BCUT2D eigenvalue weighted by atomic mass is 19.1. The lowest BCUT2D eigenvalue weighted by Crippen LogP contribution is -2.03. The van der Waals surface area contributed by atoms with E-state index in [0.29, 0.717) is 0 Å². The molecule has 0 rings (SSSR count). The Morgan fingerprint density at radius 1 is 1.33 bits per heavy atom. The molecule has 0 N–H and O–H groups in total. The van der Waals surface area contributed by atoms with E-state index in [1.807, 2.05) is 0 Å². The standard InChI is InChI=1S/C7H9FO4/c1-11-6(9)4-3-5(8)7(10)12-2/h3H,4H2,1-2H3. The fourth-order valence-corrected chi connectivity index (χ4v) is 0.437. The van der Waals surface area contributed by atoms with Crippen molar-refractivity contribution in [2.24, 2.45) is 0 Å². The van der Waals surface area contributed by atoms with Gasteiger partial charge in [0, 0.05) is 0 Å². The zero-order valence-corrected chi connectivity index (χ0v) is 6.80. The molecule has 0 aromatic carbocycles. The Balaban J connectivity index is 4.00. The van der Waals surface area contributed by atoms with Gasteiger partial charge in [-0.05, 0) is 6.08 Å². The normalized spacial score (nSPS) is 10.8. The van der Waals surface area contributed by atoms with E-state index in [1.54, 1.807) is 0 Å². The van der Waals surface area contributed by atoms with Gasteiger partial charge in [0.15, 0.2) is 0 Å². The van der Waals surface area contributed by atoms with Crippen LogP contribution in [0.5, 0.6) is 0 Å². The predicted octanol–water partition coefficient (Wildman–Crippen LogP) is 0.576. The minimum atomic E-state index is -1.10. The molecular weight excluding hydrogens is 167 g/mol. The maximum Gasteiger partial charge on any atom is 0.366 e. The molecule has 0 saturated carbocycles. The van der Waals surface area contributed by atoms with Crippen LogP contribution in [-0.2, 0) is 19.1 Å². The molecule has 0 heterocycles. The van der Waals surface area contributed by atoms with Crippen LogP contribution < -0.4 is 0 Å². The van der Waals surface area contributed by atoms with Crippen molar-refractivity contribution in [3.63, 3.8) is 0 Å². The summed E-state index contributed by atoms with van der Waals surface area (Å²) in [5, 5.41) is 0. The molecule has 68 valence electrons. The fourth-order valence-electron chi connectivity index (χ4n) is 0.437. The van der Waals surface area contributed by atoms with Crippen LogP contribution in [0.15, 0.2) is 11.9 Å². The van der Waals surface area contributed by atoms with Crippen molar-refractivity contribution in [1.82, 2.24) is 0 Å². The number of carbonyl (C=O) groups excluding carboxylic acids is 2. The van der Waals surface area contributed by atoms with E-state index in [4.69, 9.17) is 0 Å². The Bertz CT molecular complexity index is 209. The van der Waals surface area contributed by atoms with E-state index in [0.717, 1.165) is 13.2 Å². The number of hydrogen-bond donors (Lipinski definition) is 0. The molecule has 0 radical (unpaired) electrons. The van der Waals surface area contributed by atoms with Gasteiger partial charge in [0.2, 0.25) is 5.83 Å². The molecule has 5 heteroatoms. The summed E-state index contributed by atoms with van der Waals surface area (Å²) < 4.78 is 20.7. The van der Waals surface area contributed by atoms with Crippen LogP contribution in [0.3, 0.4) is 0 Å². The Kier molecular flexibility index (Phi) is 4.67. The first-order valence-corrected chi connectivity index (χ1v) is 3.12. The van der Waals surface area contributed by atoms with Gasteiger partial charge in [-0.15, -0.1) is 0 Å². The number of carbonyl (C=O) groups is 2. The van der Waals surface area contributed by atoms with Crippen LogP contribution in [0.4, 0.5) is 4.39 Å². The third-order valence-electron chi connectivity index (χ3n) is 1.06. The first kappa shape index (κ1) is 10.6. The molecule has 12 heavy (non-hydrogen) atoms. The molecule has 0 fully saturated rings. The number of esters is 2. The van der Waals surface area contributed by atoms with Gasteiger partial charge in [-0.3, -0.25) is 4.79 Å². The summed E-state index contributed by atoms with van der Waals surface area (Å²) in [5.74, 6) is -2.81. The molecular formula is C7H9FO4. The maximum absolute atomic E-state index is 12.5. The van der Waals surface area contributed by atoms with Gasteiger partial charge in [-0.25, -0.2) is 4.79 Å². The van der Waals surface area contributed by atoms with Crippen LogP contribution in [0.25, 0.3) is 0 Å². The number of hydrogen-bond acceptors (Lipinski definition) is 4. The first-order chi connectivity index (χ1) is 5.61. The van der Waals surface area contributed by atoms with E-state index < -0.39 is 17.8 Å². The molecule has 0 aliphatic carbocycles. The van der Waals surface area contributed by atoms with Gasteiger partial charge in [-0.1, -0.05) is 0 Å². The average Bonchev–Trinajstić information content (AvgIpc) is 2.11. The quantitative estimate of drug-likeness (QED) is 0.466. The Labute approximate surface area is 69.0 Å². The summed E-state index contributed by atoms with van der Waals surface area (Å²) in [6.45, 7) is 0. The maximum atomic E-state index is 12.5. The molecule has 0 unspecified atom stereocenters. The highest BCUT2D eigenvalue weighted by molar-refractivity contribution is 5.86. The van der Waals surface area contributed by atoms with Crippen LogP contribution in [-0.4, -0.2) is 26.2 Å². The second kappa shape index (κ2) is 5.29. The number of methoxy groups -OCH3 is 2. The molecule has 0 aliphatic rings. The Morgan fingerprint density at radius 2 is 1.92 bits per heavy atom. The van der Waals surface area contributed by atoms with E-state index in [1.165, 1.54) is 7.11 Å². The molecule has 0 aromatic rings. The van der Waals surface area contributed by atoms with Gasteiger partial charge in [0.1, 0.15) is 0 Å². The van der Waals surface area contributed by atoms with Crippen molar-refractivity contribution >= 4 is 11.9 Å². The second-order valence-corrected chi connectivity index (χ2v) is 1.82. The zero-order chi connectivity index (χ0) is 9.56. The van der Waals surface area contributed by atoms with Crippen LogP contribution in [0.2, 0.25) is 0 Å². The molecule has 0 aromatic heterocycles. The lowest BCUT2D eigenvalue weighted by atomic mass is 10.3. The van der Waals surface area contributed by atoms with Gasteiger partial charge in [0.05, 0.1) is 20.6 Å². The van der Waals surface area contributed by atoms with Crippen molar-refractivity contribution in [3.05, 3.63) is 11.9 Å². The summed E-state index contributed by atoms with van der Waals surface area (Å²) in [5.41, 5.74) is 0. The molecule has 0 saturated heterocycles.